The van der Waals surface area contributed by atoms with E-state index < -0.39 is 0 Å². The number of nitrogens with zero attached hydrogens (tertiary/aromatic N) is 1. The number of hydrogen-bond acceptors (Lipinski definition) is 3. The van der Waals surface area contributed by atoms with Crippen molar-refractivity contribution in [3.05, 3.63) is 0 Å². The molecule has 0 radical (unpaired) electrons. The first-order valence-corrected chi connectivity index (χ1v) is 4.52. The Bertz CT molecular complexity index is 115. The minimum Gasteiger partial charge on any atom is -0.392 e. The quantitative estimate of drug-likeness (QED) is 0.629. The Morgan fingerprint density at radius 1 is 1.25 bits per heavy atom. The summed E-state index contributed by atoms with van der Waals surface area (Å²) in [5.74, 6) is 0. The normalized spacial score (nSPS) is 19.2. The third-order valence-corrected chi connectivity index (χ3v) is 1.91. The van der Waals surface area contributed by atoms with Gasteiger partial charge in [0.2, 0.25) is 0 Å². The summed E-state index contributed by atoms with van der Waals surface area (Å²) in [4.78, 5) is 2.13. The van der Waals surface area contributed by atoms with Gasteiger partial charge in [-0.25, -0.2) is 0 Å². The molecule has 0 aromatic rings. The molecule has 0 heterocycles. The summed E-state index contributed by atoms with van der Waals surface area (Å²) in [5.41, 5.74) is 0. The maximum absolute atomic E-state index is 9.23. The molecule has 0 saturated carbocycles. The summed E-state index contributed by atoms with van der Waals surface area (Å²) >= 11 is 0. The van der Waals surface area contributed by atoms with Gasteiger partial charge in [-0.05, 0) is 34.9 Å². The Labute approximate surface area is 75.8 Å². The van der Waals surface area contributed by atoms with E-state index >= 15 is 0 Å². The molecule has 0 fully saturated rings. The number of aliphatic hydroxyl groups is 1. The van der Waals surface area contributed by atoms with Crippen LogP contribution in [0.25, 0.3) is 0 Å². The van der Waals surface area contributed by atoms with E-state index in [0.717, 1.165) is 6.54 Å². The number of aliphatic hydroxyl groups excluding tert-OH is 1. The molecule has 0 aromatic heterocycles. The van der Waals surface area contributed by atoms with E-state index in [1.165, 1.54) is 0 Å². The lowest BCUT2D eigenvalue weighted by Gasteiger charge is -2.24. The van der Waals surface area contributed by atoms with Crippen molar-refractivity contribution in [2.45, 2.75) is 39.0 Å². The molecule has 3 nitrogen and oxygen atoms in total. The van der Waals surface area contributed by atoms with E-state index in [2.05, 4.69) is 17.1 Å². The van der Waals surface area contributed by atoms with Gasteiger partial charge in [-0.1, -0.05) is 0 Å². The Kier molecular flexibility index (Phi) is 5.46. The molecule has 3 unspecified atom stereocenters. The van der Waals surface area contributed by atoms with Gasteiger partial charge in [-0.2, -0.15) is 0 Å². The lowest BCUT2D eigenvalue weighted by Crippen LogP contribution is -2.45. The van der Waals surface area contributed by atoms with Gasteiger partial charge in [0.05, 0.1) is 6.10 Å². The van der Waals surface area contributed by atoms with Crippen LogP contribution >= 0.6 is 0 Å². The van der Waals surface area contributed by atoms with Crippen LogP contribution < -0.4 is 5.32 Å². The van der Waals surface area contributed by atoms with Crippen LogP contribution in [0.4, 0.5) is 0 Å². The molecule has 0 aliphatic carbocycles. The highest BCUT2D eigenvalue weighted by molar-refractivity contribution is 4.72. The molecule has 0 amide bonds. The van der Waals surface area contributed by atoms with Gasteiger partial charge in [-0.3, -0.25) is 0 Å². The van der Waals surface area contributed by atoms with Crippen molar-refractivity contribution < 1.29 is 5.11 Å². The fourth-order valence-corrected chi connectivity index (χ4v) is 1.19. The van der Waals surface area contributed by atoms with Gasteiger partial charge >= 0.3 is 0 Å². The summed E-state index contributed by atoms with van der Waals surface area (Å²) in [7, 11) is 4.09. The molecule has 0 rings (SSSR count). The first-order chi connectivity index (χ1) is 5.43. The number of hydrogen-bond donors (Lipinski definition) is 2. The van der Waals surface area contributed by atoms with E-state index in [4.69, 9.17) is 0 Å². The van der Waals surface area contributed by atoms with Crippen LogP contribution in [0.5, 0.6) is 0 Å². The fourth-order valence-electron chi connectivity index (χ4n) is 1.19. The molecule has 0 aromatic carbocycles. The first-order valence-electron chi connectivity index (χ1n) is 4.52. The summed E-state index contributed by atoms with van der Waals surface area (Å²) in [6.07, 6.45) is -0.283. The SMILES string of the molecule is CC(CN(C)C)NC(C)C(C)O. The van der Waals surface area contributed by atoms with Crippen molar-refractivity contribution >= 4 is 0 Å². The van der Waals surface area contributed by atoms with Gasteiger partial charge in [0.25, 0.3) is 0 Å². The van der Waals surface area contributed by atoms with Crippen molar-refractivity contribution in [3.8, 4) is 0 Å². The van der Waals surface area contributed by atoms with Gasteiger partial charge < -0.3 is 15.3 Å². The fraction of sp³-hybridized carbons (Fsp3) is 1.00. The zero-order chi connectivity index (χ0) is 9.72. The van der Waals surface area contributed by atoms with E-state index in [1.54, 1.807) is 6.92 Å². The van der Waals surface area contributed by atoms with Gasteiger partial charge in [0.15, 0.2) is 0 Å². The minimum absolute atomic E-state index is 0.167. The number of likely N-dealkylation sites (N-methyl/N-ethyl adjacent to an activating group) is 1. The highest BCUT2D eigenvalue weighted by Crippen LogP contribution is 1.94. The van der Waals surface area contributed by atoms with E-state index in [-0.39, 0.29) is 12.1 Å². The maximum Gasteiger partial charge on any atom is 0.0662 e. The van der Waals surface area contributed by atoms with Crippen LogP contribution in [0, 0.1) is 0 Å². The summed E-state index contributed by atoms with van der Waals surface area (Å²) in [6.45, 7) is 6.92. The molecule has 2 N–H and O–H groups in total. The second kappa shape index (κ2) is 5.51. The monoisotopic (exact) mass is 174 g/mol. The lowest BCUT2D eigenvalue weighted by atomic mass is 10.2. The van der Waals surface area contributed by atoms with Gasteiger partial charge in [0, 0.05) is 18.6 Å². The van der Waals surface area contributed by atoms with Gasteiger partial charge in [0.1, 0.15) is 0 Å². The second-order valence-electron chi connectivity index (χ2n) is 3.86. The molecular formula is C9H22N2O. The van der Waals surface area contributed by atoms with E-state index in [1.807, 2.05) is 21.0 Å². The average Bonchev–Trinajstić information content (AvgIpc) is 1.84. The molecule has 74 valence electrons. The van der Waals surface area contributed by atoms with Crippen LogP contribution in [0.15, 0.2) is 0 Å². The Morgan fingerprint density at radius 2 is 1.75 bits per heavy atom. The Balaban J connectivity index is 3.61. The van der Waals surface area contributed by atoms with Crippen LogP contribution in [-0.2, 0) is 0 Å². The molecule has 3 atom stereocenters. The summed E-state index contributed by atoms with van der Waals surface area (Å²) < 4.78 is 0. The minimum atomic E-state index is -0.283. The number of rotatable bonds is 5. The first kappa shape index (κ1) is 11.9. The topological polar surface area (TPSA) is 35.5 Å². The zero-order valence-corrected chi connectivity index (χ0v) is 8.83. The molecule has 3 heteroatoms. The smallest absolute Gasteiger partial charge is 0.0662 e. The largest absolute Gasteiger partial charge is 0.392 e. The predicted molar refractivity (Wildman–Crippen MR) is 52.3 cm³/mol. The Hall–Kier alpha value is -0.120. The van der Waals surface area contributed by atoms with Crippen molar-refractivity contribution in [1.29, 1.82) is 0 Å². The van der Waals surface area contributed by atoms with Crippen molar-refractivity contribution in [2.24, 2.45) is 0 Å². The second-order valence-corrected chi connectivity index (χ2v) is 3.86. The van der Waals surface area contributed by atoms with Crippen molar-refractivity contribution in [1.82, 2.24) is 10.2 Å². The third kappa shape index (κ3) is 5.52. The molecule has 0 bridgehead atoms. The highest BCUT2D eigenvalue weighted by atomic mass is 16.3. The van der Waals surface area contributed by atoms with Crippen LogP contribution in [-0.4, -0.2) is 48.8 Å². The average molecular weight is 174 g/mol. The molecule has 0 aliphatic rings. The van der Waals surface area contributed by atoms with Crippen LogP contribution in [0.3, 0.4) is 0 Å². The van der Waals surface area contributed by atoms with E-state index in [9.17, 15) is 5.11 Å². The zero-order valence-electron chi connectivity index (χ0n) is 8.83. The molecule has 0 spiro atoms. The molecule has 12 heavy (non-hydrogen) atoms. The Morgan fingerprint density at radius 3 is 2.08 bits per heavy atom. The molecular weight excluding hydrogens is 152 g/mol. The standard InChI is InChI=1S/C9H22N2O/c1-7(6-11(4)5)10-8(2)9(3)12/h7-10,12H,6H2,1-5H3. The van der Waals surface area contributed by atoms with Crippen molar-refractivity contribution in [3.63, 3.8) is 0 Å². The van der Waals surface area contributed by atoms with Crippen LogP contribution in [0.1, 0.15) is 20.8 Å². The van der Waals surface area contributed by atoms with Gasteiger partial charge in [-0.15, -0.1) is 0 Å². The predicted octanol–water partition coefficient (Wildman–Crippen LogP) is 0.295. The third-order valence-electron chi connectivity index (χ3n) is 1.91. The van der Waals surface area contributed by atoms with E-state index in [0.29, 0.717) is 6.04 Å². The highest BCUT2D eigenvalue weighted by Gasteiger charge is 2.11. The summed E-state index contributed by atoms with van der Waals surface area (Å²) in [6, 6.07) is 0.588. The summed E-state index contributed by atoms with van der Waals surface area (Å²) in [5, 5.41) is 12.5. The molecule has 0 saturated heterocycles. The van der Waals surface area contributed by atoms with Crippen LogP contribution in [0.2, 0.25) is 0 Å². The number of nitrogens with one attached hydrogen (secondary N) is 1. The lowest BCUT2D eigenvalue weighted by molar-refractivity contribution is 0.143. The molecule has 0 aliphatic heterocycles. The maximum atomic E-state index is 9.23. The van der Waals surface area contributed by atoms with Crippen molar-refractivity contribution in [2.75, 3.05) is 20.6 Å².